The lowest BCUT2D eigenvalue weighted by Gasteiger charge is -2.20. The molecule has 0 N–H and O–H groups in total. The third-order valence-electron chi connectivity index (χ3n) is 6.34. The number of rotatable bonds is 8. The summed E-state index contributed by atoms with van der Waals surface area (Å²) in [7, 11) is 0. The molecule has 1 aliphatic heterocycles. The van der Waals surface area contributed by atoms with Gasteiger partial charge >= 0.3 is 0 Å². The van der Waals surface area contributed by atoms with E-state index in [9.17, 15) is 4.79 Å². The first-order chi connectivity index (χ1) is 19.6. The molecule has 1 heterocycles. The van der Waals surface area contributed by atoms with Crippen molar-refractivity contribution in [1.82, 2.24) is 0 Å². The van der Waals surface area contributed by atoms with E-state index in [1.165, 1.54) is 0 Å². The van der Waals surface area contributed by atoms with E-state index in [4.69, 9.17) is 35.8 Å². The van der Waals surface area contributed by atoms with Gasteiger partial charge in [-0.1, -0.05) is 61.8 Å². The lowest BCUT2D eigenvalue weighted by Crippen LogP contribution is -2.15. The summed E-state index contributed by atoms with van der Waals surface area (Å²) in [6.07, 6.45) is 0.692. The van der Waals surface area contributed by atoms with E-state index in [1.807, 2.05) is 57.2 Å². The van der Waals surface area contributed by atoms with Crippen LogP contribution < -0.4 is 18.9 Å². The van der Waals surface area contributed by atoms with Crippen LogP contribution in [0.15, 0.2) is 72.8 Å². The second kappa shape index (κ2) is 13.5. The molecule has 0 saturated heterocycles. The Morgan fingerprint density at radius 1 is 0.925 bits per heavy atom. The fourth-order valence-corrected chi connectivity index (χ4v) is 4.59. The van der Waals surface area contributed by atoms with E-state index in [-0.39, 0.29) is 24.0 Å². The lowest BCUT2D eigenvalue weighted by atomic mass is 9.96. The van der Waals surface area contributed by atoms with Crippen LogP contribution in [0.1, 0.15) is 46.5 Å². The largest absolute Gasteiger partial charge is 0.487 e. The Morgan fingerprint density at radius 3 is 2.48 bits per heavy atom. The van der Waals surface area contributed by atoms with E-state index >= 15 is 0 Å². The van der Waals surface area contributed by atoms with Crippen LogP contribution in [-0.4, -0.2) is 19.5 Å². The zero-order chi connectivity index (χ0) is 28.5. The van der Waals surface area contributed by atoms with Crippen molar-refractivity contribution in [3.8, 4) is 40.2 Å². The van der Waals surface area contributed by atoms with Gasteiger partial charge in [-0.15, -0.1) is 0 Å². The van der Waals surface area contributed by atoms with Gasteiger partial charge in [-0.2, -0.15) is 5.26 Å². The van der Waals surface area contributed by atoms with Crippen LogP contribution in [0.5, 0.6) is 23.0 Å². The molecule has 0 radical (unpaired) electrons. The molecule has 0 aromatic heterocycles. The summed E-state index contributed by atoms with van der Waals surface area (Å²) in [6, 6.07) is 24.4. The first-order valence-electron chi connectivity index (χ1n) is 13.1. The van der Waals surface area contributed by atoms with Crippen molar-refractivity contribution in [2.75, 3.05) is 13.2 Å². The Labute approximate surface area is 239 Å². The maximum Gasteiger partial charge on any atom is 0.161 e. The molecular weight excluding hydrogens is 526 g/mol. The minimum absolute atomic E-state index is 0.149. The summed E-state index contributed by atoms with van der Waals surface area (Å²) in [5.74, 6) is 2.13. The molecule has 4 aromatic rings. The van der Waals surface area contributed by atoms with Gasteiger partial charge in [0.05, 0.1) is 17.2 Å². The van der Waals surface area contributed by atoms with Crippen LogP contribution >= 0.6 is 11.6 Å². The number of halogens is 1. The number of benzene rings is 4. The van der Waals surface area contributed by atoms with Crippen LogP contribution in [0, 0.1) is 18.3 Å². The molecule has 1 aliphatic rings. The molecule has 0 amide bonds. The molecule has 204 valence electrons. The first kappa shape index (κ1) is 28.5. The second-order valence-corrected chi connectivity index (χ2v) is 9.13. The van der Waals surface area contributed by atoms with E-state index < -0.39 is 0 Å². The maximum atomic E-state index is 11.6. The Hall–Kier alpha value is -4.47. The van der Waals surface area contributed by atoms with Crippen molar-refractivity contribution in [1.29, 1.82) is 5.26 Å². The zero-order valence-corrected chi connectivity index (χ0v) is 23.5. The quantitative estimate of drug-likeness (QED) is 0.205. The van der Waals surface area contributed by atoms with E-state index in [1.54, 1.807) is 30.3 Å². The van der Waals surface area contributed by atoms with Crippen molar-refractivity contribution >= 4 is 17.9 Å². The number of nitrogens with zero attached hydrogens (tertiary/aromatic N) is 1. The maximum absolute atomic E-state index is 11.6. The van der Waals surface area contributed by atoms with Gasteiger partial charge in [0, 0.05) is 0 Å². The number of fused-ring (bicyclic) bond motifs is 1. The minimum Gasteiger partial charge on any atom is -0.487 e. The Balaban J connectivity index is 0.00000181. The molecule has 0 fully saturated rings. The van der Waals surface area contributed by atoms with Crippen LogP contribution in [0.4, 0.5) is 0 Å². The van der Waals surface area contributed by atoms with Crippen LogP contribution in [0.25, 0.3) is 11.1 Å². The van der Waals surface area contributed by atoms with Gasteiger partial charge in [0.15, 0.2) is 23.5 Å². The molecule has 0 atom stereocenters. The van der Waals surface area contributed by atoms with Crippen molar-refractivity contribution in [2.45, 2.75) is 34.0 Å². The number of hydrogen-bond acceptors (Lipinski definition) is 6. The van der Waals surface area contributed by atoms with Crippen molar-refractivity contribution in [2.24, 2.45) is 0 Å². The van der Waals surface area contributed by atoms with Gasteiger partial charge in [0.1, 0.15) is 37.2 Å². The summed E-state index contributed by atoms with van der Waals surface area (Å²) in [5.41, 5.74) is 5.78. The highest BCUT2D eigenvalue weighted by molar-refractivity contribution is 6.34. The Morgan fingerprint density at radius 2 is 1.70 bits per heavy atom. The van der Waals surface area contributed by atoms with Crippen molar-refractivity contribution in [3.05, 3.63) is 106 Å². The third-order valence-corrected chi connectivity index (χ3v) is 6.70. The molecule has 0 unspecified atom stereocenters. The summed E-state index contributed by atoms with van der Waals surface area (Å²) < 4.78 is 23.4. The average Bonchev–Trinajstić information content (AvgIpc) is 3.01. The molecule has 0 saturated carbocycles. The molecule has 0 spiro atoms. The van der Waals surface area contributed by atoms with E-state index in [0.717, 1.165) is 39.3 Å². The number of carbonyl (C=O) groups excluding carboxylic acids is 1. The molecule has 0 bridgehead atoms. The van der Waals surface area contributed by atoms with Gasteiger partial charge in [-0.05, 0) is 71.1 Å². The van der Waals surface area contributed by atoms with Gasteiger partial charge in [0.25, 0.3) is 0 Å². The van der Waals surface area contributed by atoms with Crippen LogP contribution in [0.2, 0.25) is 5.02 Å². The molecule has 7 heteroatoms. The summed E-state index contributed by atoms with van der Waals surface area (Å²) in [6.45, 7) is 7.55. The number of carbonyl (C=O) groups is 1. The normalized spacial score (nSPS) is 11.5. The minimum atomic E-state index is 0.149. The zero-order valence-electron chi connectivity index (χ0n) is 22.7. The predicted octanol–water partition coefficient (Wildman–Crippen LogP) is 7.96. The smallest absolute Gasteiger partial charge is 0.161 e. The van der Waals surface area contributed by atoms with Gasteiger partial charge in [-0.25, -0.2) is 0 Å². The highest BCUT2D eigenvalue weighted by Crippen LogP contribution is 2.39. The molecule has 4 aromatic carbocycles. The third kappa shape index (κ3) is 6.39. The van der Waals surface area contributed by atoms with Crippen molar-refractivity contribution < 1.29 is 23.7 Å². The first-order valence-corrected chi connectivity index (χ1v) is 13.5. The summed E-state index contributed by atoms with van der Waals surface area (Å²) >= 11 is 6.63. The molecular formula is C33H30ClNO5. The fraction of sp³-hybridized carbons (Fsp3) is 0.212. The van der Waals surface area contributed by atoms with E-state index in [2.05, 4.69) is 12.1 Å². The fourth-order valence-electron chi connectivity index (χ4n) is 4.31. The molecule has 0 aliphatic carbocycles. The lowest BCUT2D eigenvalue weighted by molar-refractivity contribution is 0.111. The standard InChI is InChI=1S/C31H24ClNO5.C2H6/c1-20-25(6-3-7-26(20)23-8-10-27-29(15-23)36-13-12-35-27)19-37-28-11-9-24(17-34)31(30(28)32)38-18-22-5-2-4-21(14-22)16-33;1-2/h2-11,14-15,17H,12-13,18-19H2,1H3;1-2H3. The topological polar surface area (TPSA) is 77.8 Å². The van der Waals surface area contributed by atoms with Gasteiger partial charge in [-0.3, -0.25) is 4.79 Å². The monoisotopic (exact) mass is 555 g/mol. The molecule has 6 nitrogen and oxygen atoms in total. The highest BCUT2D eigenvalue weighted by atomic mass is 35.5. The number of aldehydes is 1. The van der Waals surface area contributed by atoms with Gasteiger partial charge < -0.3 is 18.9 Å². The van der Waals surface area contributed by atoms with E-state index in [0.29, 0.717) is 36.4 Å². The molecule has 5 rings (SSSR count). The predicted molar refractivity (Wildman–Crippen MR) is 156 cm³/mol. The SMILES string of the molecule is CC.Cc1c(COc2ccc(C=O)c(OCc3cccc(C#N)c3)c2Cl)cccc1-c1ccc2c(c1)OCCO2. The highest BCUT2D eigenvalue weighted by Gasteiger charge is 2.17. The Kier molecular flexibility index (Phi) is 9.66. The number of nitriles is 1. The summed E-state index contributed by atoms with van der Waals surface area (Å²) in [4.78, 5) is 11.6. The Bertz CT molecular complexity index is 1540. The van der Waals surface area contributed by atoms with Crippen LogP contribution in [-0.2, 0) is 13.2 Å². The average molecular weight is 556 g/mol. The summed E-state index contributed by atoms with van der Waals surface area (Å²) in [5, 5.41) is 9.34. The molecule has 40 heavy (non-hydrogen) atoms. The van der Waals surface area contributed by atoms with Crippen LogP contribution in [0.3, 0.4) is 0 Å². The van der Waals surface area contributed by atoms with Gasteiger partial charge in [0.2, 0.25) is 0 Å². The second-order valence-electron chi connectivity index (χ2n) is 8.75. The number of ether oxygens (including phenoxy) is 4. The number of hydrogen-bond donors (Lipinski definition) is 0. The van der Waals surface area contributed by atoms with Crippen molar-refractivity contribution in [3.63, 3.8) is 0 Å².